The minimum absolute atomic E-state index is 0. The molecule has 1 saturated heterocycles. The van der Waals surface area contributed by atoms with Crippen LogP contribution in [0.25, 0.3) is 0 Å². The summed E-state index contributed by atoms with van der Waals surface area (Å²) in [7, 11) is 4.28. The number of hydrogen-bond acceptors (Lipinski definition) is 7. The lowest BCUT2D eigenvalue weighted by Gasteiger charge is -2.40. The van der Waals surface area contributed by atoms with E-state index in [0.29, 0.717) is 13.2 Å². The molecule has 6 atom stereocenters. The Bertz CT molecular complexity index is 601. The van der Waals surface area contributed by atoms with Gasteiger partial charge >= 0.3 is 0 Å². The quantitative estimate of drug-likeness (QED) is 0.0820. The molecule has 1 heterocycles. The van der Waals surface area contributed by atoms with Crippen LogP contribution in [-0.4, -0.2) is 109 Å². The van der Waals surface area contributed by atoms with Crippen molar-refractivity contribution in [1.82, 2.24) is 0 Å². The normalized spacial score (nSPS) is 23.6. The van der Waals surface area contributed by atoms with Crippen LogP contribution in [0.2, 0.25) is 0 Å². The van der Waals surface area contributed by atoms with Gasteiger partial charge in [-0.3, -0.25) is 0 Å². The number of likely N-dealkylation sites (N-methyl/N-ethyl adjacent to an activating group) is 1. The number of quaternary nitrogens is 1. The van der Waals surface area contributed by atoms with E-state index in [2.05, 4.69) is 27.9 Å². The largest absolute Gasteiger partial charge is 1.00 e. The summed E-state index contributed by atoms with van der Waals surface area (Å²) in [6.45, 7) is 6.60. The minimum atomic E-state index is -1.37. The van der Waals surface area contributed by atoms with E-state index in [1.54, 1.807) is 0 Å². The van der Waals surface area contributed by atoms with Gasteiger partial charge in [0.15, 0.2) is 6.29 Å². The Balaban J connectivity index is 0.0000168. The average molecular weight is 626 g/mol. The summed E-state index contributed by atoms with van der Waals surface area (Å²) >= 11 is 0. The fourth-order valence-corrected chi connectivity index (χ4v) is 5.69. The van der Waals surface area contributed by atoms with E-state index >= 15 is 0 Å². The van der Waals surface area contributed by atoms with Crippen LogP contribution in [0.15, 0.2) is 0 Å². The fraction of sp³-hybridized carbons (Fsp3) is 1.00. The van der Waals surface area contributed by atoms with E-state index in [-0.39, 0.29) is 25.6 Å². The smallest absolute Gasteiger partial charge is 0.186 e. The van der Waals surface area contributed by atoms with Crippen molar-refractivity contribution in [2.24, 2.45) is 0 Å². The molecule has 1 aliphatic heterocycles. The molecule has 4 N–H and O–H groups in total. The molecule has 0 bridgehead atoms. The van der Waals surface area contributed by atoms with E-state index in [1.807, 2.05) is 0 Å². The lowest BCUT2D eigenvalue weighted by molar-refractivity contribution is -0.893. The molecule has 1 unspecified atom stereocenters. The number of hydrogen-bond donors (Lipinski definition) is 4. The topological polar surface area (TPSA) is 109 Å². The number of ether oxygens (including phenoxy) is 3. The Morgan fingerprint density at radius 1 is 0.667 bits per heavy atom. The summed E-state index contributed by atoms with van der Waals surface area (Å²) in [5.74, 6) is 0. The Labute approximate surface area is 264 Å². The van der Waals surface area contributed by atoms with E-state index in [4.69, 9.17) is 14.2 Å². The van der Waals surface area contributed by atoms with Crippen molar-refractivity contribution in [3.05, 3.63) is 0 Å². The van der Waals surface area contributed by atoms with Gasteiger partial charge in [0, 0.05) is 6.61 Å². The molecule has 8 nitrogen and oxygen atoms in total. The van der Waals surface area contributed by atoms with Gasteiger partial charge in [-0.05, 0) is 19.3 Å². The third-order valence-corrected chi connectivity index (χ3v) is 8.36. The van der Waals surface area contributed by atoms with Gasteiger partial charge in [0.05, 0.1) is 33.9 Å². The van der Waals surface area contributed by atoms with Gasteiger partial charge in [-0.2, -0.15) is 0 Å². The summed E-state index contributed by atoms with van der Waals surface area (Å²) in [4.78, 5) is 0. The van der Waals surface area contributed by atoms with Crippen LogP contribution in [0.5, 0.6) is 0 Å². The number of aliphatic hydroxyl groups excluding tert-OH is 4. The van der Waals surface area contributed by atoms with Crippen LogP contribution in [0.4, 0.5) is 0 Å². The van der Waals surface area contributed by atoms with E-state index in [0.717, 1.165) is 36.7 Å². The predicted molar refractivity (Wildman–Crippen MR) is 166 cm³/mol. The third kappa shape index (κ3) is 20.1. The lowest BCUT2D eigenvalue weighted by Crippen LogP contribution is -3.00. The second-order valence-corrected chi connectivity index (χ2v) is 13.1. The van der Waals surface area contributed by atoms with Crippen LogP contribution in [0.1, 0.15) is 129 Å². The van der Waals surface area contributed by atoms with Gasteiger partial charge in [-0.1, -0.05) is 110 Å². The van der Waals surface area contributed by atoms with E-state index in [1.165, 1.54) is 89.9 Å². The van der Waals surface area contributed by atoms with Crippen molar-refractivity contribution in [3.63, 3.8) is 0 Å². The van der Waals surface area contributed by atoms with Crippen molar-refractivity contribution in [1.29, 1.82) is 0 Å². The first kappa shape index (κ1) is 42.0. The van der Waals surface area contributed by atoms with Gasteiger partial charge in [0.1, 0.15) is 37.1 Å². The predicted octanol–water partition coefficient (Wildman–Crippen LogP) is 2.33. The Morgan fingerprint density at radius 2 is 1.14 bits per heavy atom. The first-order chi connectivity index (χ1) is 19.7. The highest BCUT2D eigenvalue weighted by Gasteiger charge is 2.44. The molecule has 0 spiro atoms. The Morgan fingerprint density at radius 3 is 1.67 bits per heavy atom. The zero-order valence-corrected chi connectivity index (χ0v) is 28.3. The van der Waals surface area contributed by atoms with Crippen LogP contribution < -0.4 is 12.4 Å². The van der Waals surface area contributed by atoms with Gasteiger partial charge in [-0.15, -0.1) is 0 Å². The molecule has 254 valence electrons. The van der Waals surface area contributed by atoms with Crippen molar-refractivity contribution in [3.8, 4) is 0 Å². The Kier molecular flexibility index (Phi) is 26.2. The minimum Gasteiger partial charge on any atom is -1.00 e. The first-order valence-corrected chi connectivity index (χ1v) is 17.1. The lowest BCUT2D eigenvalue weighted by atomic mass is 9.99. The first-order valence-electron chi connectivity index (χ1n) is 17.1. The zero-order valence-electron chi connectivity index (χ0n) is 27.6. The van der Waals surface area contributed by atoms with Crippen molar-refractivity contribution < 1.29 is 51.5 Å². The van der Waals surface area contributed by atoms with Gasteiger partial charge < -0.3 is 51.5 Å². The maximum Gasteiger partial charge on any atom is 0.186 e. The molecule has 1 rings (SSSR count). The summed E-state index contributed by atoms with van der Waals surface area (Å²) in [6.07, 6.45) is 16.3. The number of aliphatic hydroxyl groups is 4. The molecule has 0 aromatic rings. The molecule has 0 saturated carbocycles. The van der Waals surface area contributed by atoms with Crippen LogP contribution >= 0.6 is 0 Å². The SMILES string of the molecule is CCCCCCCCCCCCCC[N+](C)(C)CC(O)COC[C@H]1O[C@@H](OCCCCCCCC)[C@H](O)[C@@H](O)[C@@H]1O.[Cl-]. The molecule has 42 heavy (non-hydrogen) atoms. The summed E-state index contributed by atoms with van der Waals surface area (Å²) in [6, 6.07) is 0. The molecular weight excluding hydrogens is 558 g/mol. The number of rotatable bonds is 27. The molecule has 0 radical (unpaired) electrons. The number of nitrogens with zero attached hydrogens (tertiary/aromatic N) is 1. The summed E-state index contributed by atoms with van der Waals surface area (Å²) in [5.41, 5.74) is 0. The van der Waals surface area contributed by atoms with E-state index < -0.39 is 36.8 Å². The summed E-state index contributed by atoms with van der Waals surface area (Å²) < 4.78 is 17.8. The van der Waals surface area contributed by atoms with Crippen LogP contribution in [-0.2, 0) is 14.2 Å². The highest BCUT2D eigenvalue weighted by Crippen LogP contribution is 2.23. The second kappa shape index (κ2) is 26.2. The molecule has 0 aromatic carbocycles. The Hall–Kier alpha value is -0.0300. The van der Waals surface area contributed by atoms with Crippen LogP contribution in [0.3, 0.4) is 0 Å². The maximum absolute atomic E-state index is 10.6. The zero-order chi connectivity index (χ0) is 30.3. The molecule has 0 aromatic heterocycles. The maximum atomic E-state index is 10.6. The van der Waals surface area contributed by atoms with Crippen molar-refractivity contribution >= 4 is 0 Å². The van der Waals surface area contributed by atoms with Gasteiger partial charge in [-0.25, -0.2) is 0 Å². The third-order valence-electron chi connectivity index (χ3n) is 8.36. The fourth-order valence-electron chi connectivity index (χ4n) is 5.69. The van der Waals surface area contributed by atoms with Crippen molar-refractivity contribution in [2.45, 2.75) is 166 Å². The van der Waals surface area contributed by atoms with Crippen molar-refractivity contribution in [2.75, 3.05) is 47.0 Å². The number of halogens is 1. The molecule has 0 aliphatic carbocycles. The van der Waals surface area contributed by atoms with E-state index in [9.17, 15) is 20.4 Å². The highest BCUT2D eigenvalue weighted by molar-refractivity contribution is 4.89. The van der Waals surface area contributed by atoms with Gasteiger partial charge in [0.2, 0.25) is 0 Å². The molecule has 9 heteroatoms. The number of unbranched alkanes of at least 4 members (excludes halogenated alkanes) is 16. The highest BCUT2D eigenvalue weighted by atomic mass is 35.5. The molecule has 1 fully saturated rings. The molecule has 1 aliphatic rings. The molecule has 0 amide bonds. The van der Waals surface area contributed by atoms with Crippen LogP contribution in [0, 0.1) is 0 Å². The second-order valence-electron chi connectivity index (χ2n) is 13.1. The molecular formula is C33H68ClNO7. The van der Waals surface area contributed by atoms with Gasteiger partial charge in [0.25, 0.3) is 0 Å². The average Bonchev–Trinajstić information content (AvgIpc) is 2.93. The standard InChI is InChI=1S/C33H68NO7.ClH/c1-5-7-9-11-13-14-15-16-17-18-19-21-23-34(3,4)25-28(35)26-39-27-29-30(36)31(37)32(38)33(41-29)40-24-22-20-12-10-8-6-2;/h28-33,35-38H,5-27H2,1-4H3;1H/q+1;/p-1/t28?,29-,30-,31+,32-,33-;/m1./s1. The monoisotopic (exact) mass is 625 g/mol. The summed E-state index contributed by atoms with van der Waals surface area (Å²) in [5, 5.41) is 41.5.